The number of halogens is 1. The third-order valence-corrected chi connectivity index (χ3v) is 6.03. The standard InChI is InChI=1S/C22H23ClN4OS/c1-15-14-16(8-9-17(15)23)26-11-4-7-19(26)21-20(18-6-2-3-10-24-18)25-22(29)27(21)12-5-13-28/h2-4,6-11,14,20-21,28H,5,12-13H2,1H3,(H,25,29). The summed E-state index contributed by atoms with van der Waals surface area (Å²) in [5, 5.41) is 14.3. The number of nitrogens with one attached hydrogen (secondary N) is 1. The Morgan fingerprint density at radius 2 is 2.07 bits per heavy atom. The van der Waals surface area contributed by atoms with Gasteiger partial charge in [-0.2, -0.15) is 0 Å². The van der Waals surface area contributed by atoms with Crippen LogP contribution in [0, 0.1) is 6.92 Å². The topological polar surface area (TPSA) is 53.3 Å². The number of nitrogens with zero attached hydrogens (tertiary/aromatic N) is 3. The van der Waals surface area contributed by atoms with Crippen LogP contribution in [0.25, 0.3) is 5.69 Å². The molecule has 0 aliphatic carbocycles. The lowest BCUT2D eigenvalue weighted by atomic mass is 10.0. The molecule has 0 amide bonds. The van der Waals surface area contributed by atoms with Crippen LogP contribution in [0.5, 0.6) is 0 Å². The van der Waals surface area contributed by atoms with Crippen molar-refractivity contribution >= 4 is 28.9 Å². The number of aryl methyl sites for hydroxylation is 1. The molecule has 0 saturated carbocycles. The molecule has 1 fully saturated rings. The molecule has 150 valence electrons. The van der Waals surface area contributed by atoms with E-state index in [0.717, 1.165) is 27.7 Å². The lowest BCUT2D eigenvalue weighted by molar-refractivity contribution is 0.245. The number of hydrogen-bond acceptors (Lipinski definition) is 3. The minimum atomic E-state index is -0.0792. The molecule has 0 bridgehead atoms. The number of benzene rings is 1. The van der Waals surface area contributed by atoms with E-state index >= 15 is 0 Å². The van der Waals surface area contributed by atoms with Crippen LogP contribution < -0.4 is 5.32 Å². The molecule has 1 aliphatic rings. The summed E-state index contributed by atoms with van der Waals surface area (Å²) in [7, 11) is 0. The summed E-state index contributed by atoms with van der Waals surface area (Å²) in [6.07, 6.45) is 4.50. The molecule has 5 nitrogen and oxygen atoms in total. The van der Waals surface area contributed by atoms with Gasteiger partial charge in [0.2, 0.25) is 0 Å². The quantitative estimate of drug-likeness (QED) is 0.579. The number of hydrogen-bond donors (Lipinski definition) is 2. The highest BCUT2D eigenvalue weighted by molar-refractivity contribution is 7.80. The minimum Gasteiger partial charge on any atom is -0.396 e. The molecule has 7 heteroatoms. The number of pyridine rings is 1. The van der Waals surface area contributed by atoms with E-state index in [-0.39, 0.29) is 18.7 Å². The van der Waals surface area contributed by atoms with Crippen molar-refractivity contribution in [2.75, 3.05) is 13.2 Å². The number of aliphatic hydroxyl groups excluding tert-OH is 1. The summed E-state index contributed by atoms with van der Waals surface area (Å²) in [6, 6.07) is 16.0. The molecular formula is C22H23ClN4OS. The van der Waals surface area contributed by atoms with E-state index in [0.29, 0.717) is 18.1 Å². The average Bonchev–Trinajstić information content (AvgIpc) is 3.33. The molecule has 2 N–H and O–H groups in total. The third kappa shape index (κ3) is 3.88. The van der Waals surface area contributed by atoms with Crippen LogP contribution in [-0.2, 0) is 0 Å². The Balaban J connectivity index is 1.79. The number of aromatic nitrogens is 2. The van der Waals surface area contributed by atoms with E-state index in [2.05, 4.69) is 38.1 Å². The maximum absolute atomic E-state index is 9.38. The Bertz CT molecular complexity index is 1010. The zero-order chi connectivity index (χ0) is 20.4. The van der Waals surface area contributed by atoms with Gasteiger partial charge in [0, 0.05) is 41.9 Å². The first kappa shape index (κ1) is 19.9. The van der Waals surface area contributed by atoms with Crippen LogP contribution >= 0.6 is 23.8 Å². The molecule has 3 heterocycles. The monoisotopic (exact) mass is 426 g/mol. The molecule has 1 saturated heterocycles. The molecule has 1 aliphatic heterocycles. The fraction of sp³-hybridized carbons (Fsp3) is 0.273. The third-order valence-electron chi connectivity index (χ3n) is 5.26. The van der Waals surface area contributed by atoms with Gasteiger partial charge in [0.15, 0.2) is 5.11 Å². The number of rotatable bonds is 6. The first-order valence-electron chi connectivity index (χ1n) is 9.63. The molecule has 3 aromatic rings. The van der Waals surface area contributed by atoms with Gasteiger partial charge in [-0.05, 0) is 73.6 Å². The van der Waals surface area contributed by atoms with Crippen LogP contribution in [0.3, 0.4) is 0 Å². The molecular weight excluding hydrogens is 404 g/mol. The zero-order valence-electron chi connectivity index (χ0n) is 16.1. The summed E-state index contributed by atoms with van der Waals surface area (Å²) in [5.74, 6) is 0. The lowest BCUT2D eigenvalue weighted by Crippen LogP contribution is -2.31. The molecule has 1 aromatic carbocycles. The van der Waals surface area contributed by atoms with E-state index in [1.54, 1.807) is 6.20 Å². The van der Waals surface area contributed by atoms with E-state index in [4.69, 9.17) is 23.8 Å². The van der Waals surface area contributed by atoms with Gasteiger partial charge in [0.1, 0.15) is 0 Å². The molecule has 4 rings (SSSR count). The molecule has 2 unspecified atom stereocenters. The fourth-order valence-corrected chi connectivity index (χ4v) is 4.31. The van der Waals surface area contributed by atoms with Crippen molar-refractivity contribution in [3.63, 3.8) is 0 Å². The Morgan fingerprint density at radius 3 is 2.79 bits per heavy atom. The second-order valence-electron chi connectivity index (χ2n) is 7.13. The summed E-state index contributed by atoms with van der Waals surface area (Å²) in [4.78, 5) is 6.73. The van der Waals surface area contributed by atoms with E-state index in [9.17, 15) is 5.11 Å². The highest BCUT2D eigenvalue weighted by atomic mass is 35.5. The number of aliphatic hydroxyl groups is 1. The van der Waals surface area contributed by atoms with Gasteiger partial charge < -0.3 is 19.9 Å². The average molecular weight is 427 g/mol. The highest BCUT2D eigenvalue weighted by Gasteiger charge is 2.40. The fourth-order valence-electron chi connectivity index (χ4n) is 3.86. The van der Waals surface area contributed by atoms with Crippen molar-refractivity contribution in [3.05, 3.63) is 82.9 Å². The second kappa shape index (κ2) is 8.53. The molecule has 2 aromatic heterocycles. The van der Waals surface area contributed by atoms with Crippen molar-refractivity contribution in [1.82, 2.24) is 19.8 Å². The van der Waals surface area contributed by atoms with Crippen LogP contribution in [0.2, 0.25) is 5.02 Å². The van der Waals surface area contributed by atoms with Gasteiger partial charge in [0.25, 0.3) is 0 Å². The Labute approximate surface area is 180 Å². The van der Waals surface area contributed by atoms with Crippen LogP contribution in [-0.4, -0.2) is 37.8 Å². The van der Waals surface area contributed by atoms with Crippen LogP contribution in [0.1, 0.15) is 35.5 Å². The van der Waals surface area contributed by atoms with Gasteiger partial charge in [0.05, 0.1) is 17.8 Å². The van der Waals surface area contributed by atoms with Crippen molar-refractivity contribution in [2.45, 2.75) is 25.4 Å². The lowest BCUT2D eigenvalue weighted by Gasteiger charge is -2.29. The summed E-state index contributed by atoms with van der Waals surface area (Å²) < 4.78 is 2.17. The van der Waals surface area contributed by atoms with Gasteiger partial charge in [-0.1, -0.05) is 17.7 Å². The normalized spacial score (nSPS) is 18.9. The van der Waals surface area contributed by atoms with Crippen LogP contribution in [0.15, 0.2) is 60.9 Å². The first-order chi connectivity index (χ1) is 14.1. The SMILES string of the molecule is Cc1cc(-n2cccc2C2C(c3ccccn3)NC(=S)N2CCCO)ccc1Cl. The van der Waals surface area contributed by atoms with E-state index in [1.165, 1.54) is 0 Å². The Kier molecular flexibility index (Phi) is 5.85. The second-order valence-corrected chi connectivity index (χ2v) is 7.93. The minimum absolute atomic E-state index is 0.0464. The van der Waals surface area contributed by atoms with Crippen molar-refractivity contribution in [2.24, 2.45) is 0 Å². The maximum Gasteiger partial charge on any atom is 0.170 e. The zero-order valence-corrected chi connectivity index (χ0v) is 17.7. The largest absolute Gasteiger partial charge is 0.396 e. The van der Waals surface area contributed by atoms with Crippen LogP contribution in [0.4, 0.5) is 0 Å². The number of thiocarbonyl (C=S) groups is 1. The molecule has 29 heavy (non-hydrogen) atoms. The Morgan fingerprint density at radius 1 is 1.21 bits per heavy atom. The maximum atomic E-state index is 9.38. The van der Waals surface area contributed by atoms with Gasteiger partial charge in [-0.25, -0.2) is 0 Å². The molecule has 2 atom stereocenters. The first-order valence-corrected chi connectivity index (χ1v) is 10.4. The van der Waals surface area contributed by atoms with E-state index < -0.39 is 0 Å². The Hall–Kier alpha value is -2.41. The summed E-state index contributed by atoms with van der Waals surface area (Å²) >= 11 is 11.9. The van der Waals surface area contributed by atoms with E-state index in [1.807, 2.05) is 43.3 Å². The predicted octanol–water partition coefficient (Wildman–Crippen LogP) is 4.19. The van der Waals surface area contributed by atoms with Gasteiger partial charge >= 0.3 is 0 Å². The highest BCUT2D eigenvalue weighted by Crippen LogP contribution is 2.39. The summed E-state index contributed by atoms with van der Waals surface area (Å²) in [6.45, 7) is 2.80. The van der Waals surface area contributed by atoms with Crippen molar-refractivity contribution in [3.8, 4) is 5.69 Å². The smallest absolute Gasteiger partial charge is 0.170 e. The molecule has 0 spiro atoms. The predicted molar refractivity (Wildman–Crippen MR) is 119 cm³/mol. The van der Waals surface area contributed by atoms with Gasteiger partial charge in [-0.3, -0.25) is 4.98 Å². The van der Waals surface area contributed by atoms with Crippen molar-refractivity contribution < 1.29 is 5.11 Å². The summed E-state index contributed by atoms with van der Waals surface area (Å²) in [5.41, 5.74) is 4.12. The van der Waals surface area contributed by atoms with Gasteiger partial charge in [-0.15, -0.1) is 0 Å². The van der Waals surface area contributed by atoms with Crippen molar-refractivity contribution in [1.29, 1.82) is 0 Å². The molecule has 0 radical (unpaired) electrons.